The third-order valence-electron chi connectivity index (χ3n) is 1.90. The topological polar surface area (TPSA) is 59.1 Å². The molecule has 0 bridgehead atoms. The molecule has 2 rings (SSSR count). The third kappa shape index (κ3) is 2.42. The van der Waals surface area contributed by atoms with Crippen molar-refractivity contribution in [1.82, 2.24) is 4.98 Å². The Hall–Kier alpha value is -0.920. The first-order chi connectivity index (χ1) is 7.62. The van der Waals surface area contributed by atoms with Gasteiger partial charge in [-0.15, -0.1) is 22.7 Å². The average molecular weight is 274 g/mol. The van der Waals surface area contributed by atoms with Gasteiger partial charge in [-0.2, -0.15) is 0 Å². The van der Waals surface area contributed by atoms with Crippen LogP contribution < -0.4 is 4.72 Å². The molecule has 0 fully saturated rings. The molecule has 0 spiro atoms. The van der Waals surface area contributed by atoms with Crippen LogP contribution in [0.5, 0.6) is 0 Å². The van der Waals surface area contributed by atoms with Crippen molar-refractivity contribution in [3.05, 3.63) is 28.6 Å². The highest BCUT2D eigenvalue weighted by Crippen LogP contribution is 2.22. The fourth-order valence-corrected chi connectivity index (χ4v) is 4.14. The molecule has 0 saturated carbocycles. The lowest BCUT2D eigenvalue weighted by atomic mass is 10.4. The maximum absolute atomic E-state index is 11.8. The van der Waals surface area contributed by atoms with E-state index in [1.807, 2.05) is 12.3 Å². The minimum Gasteiger partial charge on any atom is -0.254 e. The highest BCUT2D eigenvalue weighted by Gasteiger charge is 2.16. The predicted octanol–water partition coefficient (Wildman–Crippen LogP) is 2.57. The van der Waals surface area contributed by atoms with Crippen LogP contribution in [0.4, 0.5) is 5.13 Å². The zero-order valence-corrected chi connectivity index (χ0v) is 11.0. The van der Waals surface area contributed by atoms with Crippen molar-refractivity contribution in [3.63, 3.8) is 0 Å². The monoisotopic (exact) mass is 274 g/mol. The lowest BCUT2D eigenvalue weighted by Crippen LogP contribution is -2.11. The molecular formula is C9H10N2O2S3. The second-order valence-electron chi connectivity index (χ2n) is 3.04. The molecule has 0 unspecified atom stereocenters. The molecule has 0 amide bonds. The van der Waals surface area contributed by atoms with E-state index < -0.39 is 10.0 Å². The van der Waals surface area contributed by atoms with Crippen LogP contribution in [0.2, 0.25) is 0 Å². The number of thiophene rings is 1. The summed E-state index contributed by atoms with van der Waals surface area (Å²) in [5.41, 5.74) is 0.897. The summed E-state index contributed by atoms with van der Waals surface area (Å²) in [5, 5.41) is 4.01. The summed E-state index contributed by atoms with van der Waals surface area (Å²) in [5.74, 6) is 0. The molecule has 0 atom stereocenters. The summed E-state index contributed by atoms with van der Waals surface area (Å²) in [4.78, 5) is 4.16. The van der Waals surface area contributed by atoms with Crippen molar-refractivity contribution >= 4 is 37.8 Å². The summed E-state index contributed by atoms with van der Waals surface area (Å²) < 4.78 is 26.4. The van der Waals surface area contributed by atoms with Crippen LogP contribution in [0.3, 0.4) is 0 Å². The number of aromatic nitrogens is 1. The van der Waals surface area contributed by atoms with E-state index in [1.165, 1.54) is 22.7 Å². The van der Waals surface area contributed by atoms with Crippen LogP contribution in [0.15, 0.2) is 27.1 Å². The second kappa shape index (κ2) is 4.52. The number of thiazole rings is 1. The van der Waals surface area contributed by atoms with E-state index in [0.717, 1.165) is 12.1 Å². The van der Waals surface area contributed by atoms with Gasteiger partial charge in [0.05, 0.1) is 5.69 Å². The van der Waals surface area contributed by atoms with Crippen molar-refractivity contribution in [3.8, 4) is 0 Å². The SMILES string of the molecule is CCc1csc(NS(=O)(=O)c2cccs2)n1. The van der Waals surface area contributed by atoms with Gasteiger partial charge < -0.3 is 0 Å². The van der Waals surface area contributed by atoms with Crippen molar-refractivity contribution in [2.24, 2.45) is 0 Å². The molecular weight excluding hydrogens is 264 g/mol. The van der Waals surface area contributed by atoms with Gasteiger partial charge in [-0.3, -0.25) is 4.72 Å². The van der Waals surface area contributed by atoms with Crippen molar-refractivity contribution < 1.29 is 8.42 Å². The van der Waals surface area contributed by atoms with E-state index in [0.29, 0.717) is 9.34 Å². The molecule has 0 aliphatic rings. The molecule has 0 aliphatic heterocycles. The van der Waals surface area contributed by atoms with Gasteiger partial charge in [-0.25, -0.2) is 13.4 Å². The Bertz CT molecular complexity index is 557. The van der Waals surface area contributed by atoms with Crippen LogP contribution in [-0.2, 0) is 16.4 Å². The standard InChI is InChI=1S/C9H10N2O2S3/c1-2-7-6-15-9(10-7)11-16(12,13)8-4-3-5-14-8/h3-6H,2H2,1H3,(H,10,11). The lowest BCUT2D eigenvalue weighted by Gasteiger charge is -2.01. The van der Waals surface area contributed by atoms with Crippen molar-refractivity contribution in [2.45, 2.75) is 17.6 Å². The van der Waals surface area contributed by atoms with Crippen LogP contribution in [0.1, 0.15) is 12.6 Å². The molecule has 7 heteroatoms. The van der Waals surface area contributed by atoms with E-state index in [9.17, 15) is 8.42 Å². The number of rotatable bonds is 4. The average Bonchev–Trinajstić information content (AvgIpc) is 2.86. The van der Waals surface area contributed by atoms with E-state index >= 15 is 0 Å². The Morgan fingerprint density at radius 3 is 2.81 bits per heavy atom. The number of sulfonamides is 1. The number of nitrogens with zero attached hydrogens (tertiary/aromatic N) is 1. The molecule has 1 N–H and O–H groups in total. The molecule has 2 heterocycles. The predicted molar refractivity (Wildman–Crippen MR) is 66.6 cm³/mol. The van der Waals surface area contributed by atoms with Gasteiger partial charge in [-0.1, -0.05) is 13.0 Å². The molecule has 0 saturated heterocycles. The highest BCUT2D eigenvalue weighted by atomic mass is 32.2. The van der Waals surface area contributed by atoms with Gasteiger partial charge in [0.2, 0.25) is 0 Å². The fourth-order valence-electron chi connectivity index (χ4n) is 1.10. The van der Waals surface area contributed by atoms with Crippen LogP contribution in [-0.4, -0.2) is 13.4 Å². The Kier molecular flexibility index (Phi) is 3.27. The number of hydrogen-bond acceptors (Lipinski definition) is 5. The largest absolute Gasteiger partial charge is 0.273 e. The van der Waals surface area contributed by atoms with Gasteiger partial charge in [-0.05, 0) is 17.9 Å². The second-order valence-corrected chi connectivity index (χ2v) is 6.75. The third-order valence-corrected chi connectivity index (χ3v) is 5.57. The molecule has 0 aliphatic carbocycles. The first-order valence-electron chi connectivity index (χ1n) is 4.62. The van der Waals surface area contributed by atoms with E-state index in [1.54, 1.807) is 17.5 Å². The first kappa shape index (κ1) is 11.6. The van der Waals surface area contributed by atoms with Crippen molar-refractivity contribution in [1.29, 1.82) is 0 Å². The first-order valence-corrected chi connectivity index (χ1v) is 7.87. The Morgan fingerprint density at radius 2 is 2.25 bits per heavy atom. The Labute approximate surface area is 102 Å². The molecule has 0 radical (unpaired) electrons. The minimum absolute atomic E-state index is 0.306. The quantitative estimate of drug-likeness (QED) is 0.932. The zero-order chi connectivity index (χ0) is 11.6. The smallest absolute Gasteiger partial charge is 0.254 e. The Balaban J connectivity index is 2.21. The highest BCUT2D eigenvalue weighted by molar-refractivity contribution is 7.94. The van der Waals surface area contributed by atoms with E-state index in [2.05, 4.69) is 9.71 Å². The number of nitrogens with one attached hydrogen (secondary N) is 1. The Morgan fingerprint density at radius 1 is 1.44 bits per heavy atom. The summed E-state index contributed by atoms with van der Waals surface area (Å²) in [7, 11) is -3.45. The van der Waals surface area contributed by atoms with Gasteiger partial charge in [0.25, 0.3) is 10.0 Å². The van der Waals surface area contributed by atoms with Crippen molar-refractivity contribution in [2.75, 3.05) is 4.72 Å². The van der Waals surface area contributed by atoms with Crippen LogP contribution >= 0.6 is 22.7 Å². The molecule has 4 nitrogen and oxygen atoms in total. The van der Waals surface area contributed by atoms with Crippen LogP contribution in [0, 0.1) is 0 Å². The number of anilines is 1. The number of aryl methyl sites for hydroxylation is 1. The molecule has 86 valence electrons. The van der Waals surface area contributed by atoms with Gasteiger partial charge in [0.15, 0.2) is 5.13 Å². The maximum Gasteiger partial charge on any atom is 0.273 e. The minimum atomic E-state index is -3.45. The molecule has 16 heavy (non-hydrogen) atoms. The van der Waals surface area contributed by atoms with E-state index in [4.69, 9.17) is 0 Å². The molecule has 2 aromatic rings. The fraction of sp³-hybridized carbons (Fsp3) is 0.222. The summed E-state index contributed by atoms with van der Waals surface area (Å²) in [6, 6.07) is 3.28. The zero-order valence-electron chi connectivity index (χ0n) is 8.50. The van der Waals surface area contributed by atoms with Gasteiger partial charge in [0, 0.05) is 5.38 Å². The summed E-state index contributed by atoms with van der Waals surface area (Å²) >= 11 is 2.49. The number of hydrogen-bond donors (Lipinski definition) is 1. The molecule has 2 aromatic heterocycles. The lowest BCUT2D eigenvalue weighted by molar-refractivity contribution is 0.603. The van der Waals surface area contributed by atoms with E-state index in [-0.39, 0.29) is 0 Å². The van der Waals surface area contributed by atoms with Gasteiger partial charge >= 0.3 is 0 Å². The molecule has 0 aromatic carbocycles. The normalized spacial score (nSPS) is 11.6. The van der Waals surface area contributed by atoms with Gasteiger partial charge in [0.1, 0.15) is 4.21 Å². The van der Waals surface area contributed by atoms with Crippen LogP contribution in [0.25, 0.3) is 0 Å². The summed E-state index contributed by atoms with van der Waals surface area (Å²) in [6.45, 7) is 1.98. The summed E-state index contributed by atoms with van der Waals surface area (Å²) in [6.07, 6.45) is 0.803. The maximum atomic E-state index is 11.8.